The SMILES string of the molecule is N[C@H](C(=O)O)[C@@H](I)c1ccc(Oc2ccc(O)c(I)c2)c(I)c1. The van der Waals surface area contributed by atoms with Crippen LogP contribution in [0.15, 0.2) is 36.4 Å². The molecule has 2 atom stereocenters. The number of hydrogen-bond donors (Lipinski definition) is 3. The van der Waals surface area contributed by atoms with Crippen LogP contribution >= 0.6 is 67.8 Å². The van der Waals surface area contributed by atoms with Crippen LogP contribution in [0.4, 0.5) is 0 Å². The van der Waals surface area contributed by atoms with E-state index in [4.69, 9.17) is 15.6 Å². The monoisotopic (exact) mass is 651 g/mol. The summed E-state index contributed by atoms with van der Waals surface area (Å²) in [7, 11) is 0. The predicted molar refractivity (Wildman–Crippen MR) is 112 cm³/mol. The lowest BCUT2D eigenvalue weighted by atomic mass is 10.1. The molecule has 0 aromatic heterocycles. The van der Waals surface area contributed by atoms with Crippen molar-refractivity contribution in [3.05, 3.63) is 49.1 Å². The zero-order valence-corrected chi connectivity index (χ0v) is 18.0. The first-order valence-corrected chi connectivity index (χ1v) is 9.78. The van der Waals surface area contributed by atoms with E-state index in [9.17, 15) is 9.90 Å². The highest BCUT2D eigenvalue weighted by molar-refractivity contribution is 14.1. The molecule has 5 nitrogen and oxygen atoms in total. The number of carbonyl (C=O) groups is 1. The number of hydrogen-bond acceptors (Lipinski definition) is 4. The molecule has 23 heavy (non-hydrogen) atoms. The first-order valence-electron chi connectivity index (χ1n) is 6.38. The summed E-state index contributed by atoms with van der Waals surface area (Å²) in [6, 6.07) is 9.49. The third kappa shape index (κ3) is 4.82. The summed E-state index contributed by atoms with van der Waals surface area (Å²) >= 11 is 6.19. The zero-order chi connectivity index (χ0) is 17.1. The van der Waals surface area contributed by atoms with Crippen molar-refractivity contribution in [3.63, 3.8) is 0 Å². The maximum atomic E-state index is 11.0. The number of carboxylic acid groups (broad SMARTS) is 1. The molecule has 0 spiro atoms. The first kappa shape index (κ1) is 19.0. The summed E-state index contributed by atoms with van der Waals surface area (Å²) in [5.41, 5.74) is 6.50. The second-order valence-electron chi connectivity index (χ2n) is 4.67. The number of benzene rings is 2. The third-order valence-corrected chi connectivity index (χ3v) is 6.22. The lowest BCUT2D eigenvalue weighted by Crippen LogP contribution is -2.33. The Morgan fingerprint density at radius 1 is 1.13 bits per heavy atom. The van der Waals surface area contributed by atoms with Crippen molar-refractivity contribution in [2.75, 3.05) is 0 Å². The number of nitrogens with two attached hydrogens (primary N) is 1. The van der Waals surface area contributed by atoms with Crippen molar-refractivity contribution in [1.29, 1.82) is 0 Å². The highest BCUT2D eigenvalue weighted by atomic mass is 127. The van der Waals surface area contributed by atoms with E-state index in [0.717, 1.165) is 9.13 Å². The van der Waals surface area contributed by atoms with Crippen molar-refractivity contribution in [2.24, 2.45) is 5.73 Å². The number of halogens is 3. The Kier molecular flexibility index (Phi) is 6.74. The Labute approximate surface area is 174 Å². The van der Waals surface area contributed by atoms with Crippen LogP contribution in [0.25, 0.3) is 0 Å². The second kappa shape index (κ2) is 8.16. The lowest BCUT2D eigenvalue weighted by molar-refractivity contribution is -0.138. The van der Waals surface area contributed by atoms with Crippen LogP contribution in [0.2, 0.25) is 0 Å². The molecule has 2 aromatic carbocycles. The fourth-order valence-corrected chi connectivity index (χ4v) is 3.61. The largest absolute Gasteiger partial charge is 0.507 e. The van der Waals surface area contributed by atoms with Gasteiger partial charge in [-0.05, 0) is 81.1 Å². The van der Waals surface area contributed by atoms with Gasteiger partial charge >= 0.3 is 5.97 Å². The molecule has 0 fully saturated rings. The molecule has 4 N–H and O–H groups in total. The highest BCUT2D eigenvalue weighted by Gasteiger charge is 2.23. The molecule has 0 aliphatic heterocycles. The van der Waals surface area contributed by atoms with Crippen molar-refractivity contribution in [3.8, 4) is 17.2 Å². The Balaban J connectivity index is 2.22. The number of phenolic OH excluding ortho intramolecular Hbond substituents is 1. The maximum absolute atomic E-state index is 11.0. The maximum Gasteiger partial charge on any atom is 0.321 e. The molecular weight excluding hydrogens is 639 g/mol. The van der Waals surface area contributed by atoms with Crippen LogP contribution in [-0.4, -0.2) is 22.2 Å². The average Bonchev–Trinajstić information content (AvgIpc) is 2.51. The zero-order valence-electron chi connectivity index (χ0n) is 11.5. The first-order chi connectivity index (χ1) is 10.8. The Bertz CT molecular complexity index is 739. The standard InChI is InChI=1S/C15H12I3NO4/c16-9-6-8(2-3-11(9)20)23-12-4-1-7(5-10(12)17)13(18)14(19)15(21)22/h1-6,13-14,20H,19H2,(H,21,22)/t13-,14-/m0/s1. The predicted octanol–water partition coefficient (Wildman–Crippen LogP) is 4.28. The summed E-state index contributed by atoms with van der Waals surface area (Å²) in [5.74, 6) is 0.450. The number of aliphatic carboxylic acids is 1. The summed E-state index contributed by atoms with van der Waals surface area (Å²) in [4.78, 5) is 11.0. The van der Waals surface area contributed by atoms with E-state index in [1.54, 1.807) is 24.3 Å². The molecule has 0 unspecified atom stereocenters. The molecule has 8 heteroatoms. The van der Waals surface area contributed by atoms with E-state index in [1.165, 1.54) is 0 Å². The minimum absolute atomic E-state index is 0.207. The molecule has 0 radical (unpaired) electrons. The normalized spacial score (nSPS) is 13.4. The van der Waals surface area contributed by atoms with Gasteiger partial charge in [-0.1, -0.05) is 28.7 Å². The number of aromatic hydroxyl groups is 1. The smallest absolute Gasteiger partial charge is 0.321 e. The van der Waals surface area contributed by atoms with E-state index < -0.39 is 12.0 Å². The Morgan fingerprint density at radius 2 is 1.83 bits per heavy atom. The number of alkyl halides is 1. The Hall–Kier alpha value is -0.340. The van der Waals surface area contributed by atoms with Gasteiger partial charge in [0.25, 0.3) is 0 Å². The van der Waals surface area contributed by atoms with Gasteiger partial charge in [0, 0.05) is 0 Å². The van der Waals surface area contributed by atoms with Gasteiger partial charge < -0.3 is 20.7 Å². The van der Waals surface area contributed by atoms with Gasteiger partial charge in [-0.25, -0.2) is 0 Å². The molecule has 0 heterocycles. The molecule has 0 saturated heterocycles. The molecule has 2 aromatic rings. The summed E-state index contributed by atoms with van der Waals surface area (Å²) in [6.45, 7) is 0. The number of rotatable bonds is 5. The molecule has 0 saturated carbocycles. The van der Waals surface area contributed by atoms with E-state index in [-0.39, 0.29) is 9.67 Å². The summed E-state index contributed by atoms with van der Waals surface area (Å²) in [6.07, 6.45) is 0. The molecule has 0 bridgehead atoms. The van der Waals surface area contributed by atoms with Crippen molar-refractivity contribution in [1.82, 2.24) is 0 Å². The Morgan fingerprint density at radius 3 is 2.39 bits per heavy atom. The van der Waals surface area contributed by atoms with Gasteiger partial charge in [-0.15, -0.1) is 0 Å². The van der Waals surface area contributed by atoms with E-state index in [2.05, 4.69) is 22.6 Å². The fraction of sp³-hybridized carbons (Fsp3) is 0.133. The quantitative estimate of drug-likeness (QED) is 0.332. The molecule has 0 amide bonds. The molecule has 0 aliphatic carbocycles. The van der Waals surface area contributed by atoms with Crippen molar-refractivity contribution >= 4 is 73.7 Å². The van der Waals surface area contributed by atoms with Gasteiger partial charge in [-0.3, -0.25) is 4.79 Å². The van der Waals surface area contributed by atoms with Gasteiger partial charge in [0.15, 0.2) is 0 Å². The van der Waals surface area contributed by atoms with Gasteiger partial charge in [0.2, 0.25) is 0 Å². The minimum Gasteiger partial charge on any atom is -0.507 e. The minimum atomic E-state index is -1.03. The fourth-order valence-electron chi connectivity index (χ4n) is 1.78. The van der Waals surface area contributed by atoms with Crippen molar-refractivity contribution in [2.45, 2.75) is 9.97 Å². The van der Waals surface area contributed by atoms with Crippen LogP contribution in [-0.2, 0) is 4.79 Å². The second-order valence-corrected chi connectivity index (χ2v) is 8.34. The van der Waals surface area contributed by atoms with Crippen LogP contribution in [0.1, 0.15) is 9.49 Å². The lowest BCUT2D eigenvalue weighted by Gasteiger charge is -2.16. The molecule has 122 valence electrons. The molecule has 0 aliphatic rings. The van der Waals surface area contributed by atoms with Crippen LogP contribution in [0, 0.1) is 7.14 Å². The highest BCUT2D eigenvalue weighted by Crippen LogP contribution is 2.34. The molecule has 2 rings (SSSR count). The number of phenols is 1. The number of ether oxygens (including phenoxy) is 1. The average molecular weight is 651 g/mol. The van der Waals surface area contributed by atoms with E-state index >= 15 is 0 Å². The number of carboxylic acids is 1. The van der Waals surface area contributed by atoms with Crippen LogP contribution in [0.5, 0.6) is 17.2 Å². The van der Waals surface area contributed by atoms with E-state index in [0.29, 0.717) is 15.1 Å². The molecular formula is C15H12I3NO4. The third-order valence-electron chi connectivity index (χ3n) is 3.02. The van der Waals surface area contributed by atoms with E-state index in [1.807, 2.05) is 57.3 Å². The van der Waals surface area contributed by atoms with Crippen LogP contribution in [0.3, 0.4) is 0 Å². The van der Waals surface area contributed by atoms with Crippen molar-refractivity contribution < 1.29 is 19.7 Å². The van der Waals surface area contributed by atoms with Gasteiger partial charge in [0.1, 0.15) is 23.3 Å². The van der Waals surface area contributed by atoms with Crippen LogP contribution < -0.4 is 10.5 Å². The van der Waals surface area contributed by atoms with Gasteiger partial charge in [0.05, 0.1) is 11.1 Å². The van der Waals surface area contributed by atoms with Gasteiger partial charge in [-0.2, -0.15) is 0 Å². The summed E-state index contributed by atoms with van der Waals surface area (Å²) in [5, 5.41) is 18.5. The topological polar surface area (TPSA) is 92.8 Å². The summed E-state index contributed by atoms with van der Waals surface area (Å²) < 4.78 is 7.03.